The van der Waals surface area contributed by atoms with Crippen molar-refractivity contribution in [1.82, 2.24) is 0 Å². The molecule has 1 aromatic rings. The molecule has 0 N–H and O–H groups in total. The summed E-state index contributed by atoms with van der Waals surface area (Å²) in [5.41, 5.74) is -13.8. The average Bonchev–Trinajstić information content (AvgIpc) is 2.42. The van der Waals surface area contributed by atoms with Gasteiger partial charge in [0.2, 0.25) is 0 Å². The Morgan fingerprint density at radius 3 is 1.44 bits per heavy atom. The van der Waals surface area contributed by atoms with Crippen LogP contribution in [0.15, 0.2) is 21.9 Å². The highest BCUT2D eigenvalue weighted by Crippen LogP contribution is 2.44. The van der Waals surface area contributed by atoms with Crippen molar-refractivity contribution < 1.29 is 52.8 Å². The molecular weight excluding hydrogens is 412 g/mol. The van der Waals surface area contributed by atoms with E-state index in [1.165, 1.54) is 0 Å². The van der Waals surface area contributed by atoms with Crippen LogP contribution in [0, 0.1) is 10.1 Å². The minimum absolute atomic E-state index is 0.253. The minimum atomic E-state index is -6.46. The van der Waals surface area contributed by atoms with E-state index < -0.39 is 56.8 Å². The van der Waals surface area contributed by atoms with Crippen molar-refractivity contribution >= 4 is 25.4 Å². The molecular formula is C9H5F6NO7S2. The van der Waals surface area contributed by atoms with Gasteiger partial charge in [0.25, 0.3) is 25.4 Å². The molecule has 0 saturated carbocycles. The van der Waals surface area contributed by atoms with Crippen LogP contribution in [0.1, 0.15) is 0 Å². The van der Waals surface area contributed by atoms with Gasteiger partial charge in [-0.3, -0.25) is 10.1 Å². The molecule has 142 valence electrons. The summed E-state index contributed by atoms with van der Waals surface area (Å²) in [4.78, 5) is 4.83. The quantitative estimate of drug-likeness (QED) is 0.418. The summed E-state index contributed by atoms with van der Waals surface area (Å²) < 4.78 is 126. The lowest BCUT2D eigenvalue weighted by Gasteiger charge is -2.16. The van der Waals surface area contributed by atoms with Gasteiger partial charge in [-0.1, -0.05) is 0 Å². The number of alkyl halides is 6. The van der Waals surface area contributed by atoms with Crippen LogP contribution < -0.4 is 4.74 Å². The molecule has 0 saturated heterocycles. The molecule has 16 heteroatoms. The maximum atomic E-state index is 12.6. The van der Waals surface area contributed by atoms with Crippen LogP contribution in [0.4, 0.5) is 32.0 Å². The Labute approximate surface area is 135 Å². The van der Waals surface area contributed by atoms with Gasteiger partial charge < -0.3 is 4.74 Å². The molecule has 0 fully saturated rings. The Bertz CT molecular complexity index is 852. The maximum Gasteiger partial charge on any atom is 0.502 e. The summed E-state index contributed by atoms with van der Waals surface area (Å²) in [6.45, 7) is 0. The Kier molecular flexibility index (Phi) is 5.03. The van der Waals surface area contributed by atoms with Crippen molar-refractivity contribution in [3.63, 3.8) is 0 Å². The van der Waals surface area contributed by atoms with E-state index in [1.54, 1.807) is 0 Å². The highest BCUT2D eigenvalue weighted by Gasteiger charge is 2.53. The molecule has 0 aliphatic heterocycles. The van der Waals surface area contributed by atoms with Gasteiger partial charge in [0.15, 0.2) is 5.75 Å². The molecule has 0 amide bonds. The second kappa shape index (κ2) is 6.01. The van der Waals surface area contributed by atoms with E-state index in [2.05, 4.69) is 4.74 Å². The summed E-state index contributed by atoms with van der Waals surface area (Å²) in [7, 11) is -12.5. The SMILES string of the molecule is COc1c(S(=O)(=O)C(F)(F)F)cc([N+](=O)[O-])cc1S(=O)(=O)C(F)(F)F. The zero-order chi connectivity index (χ0) is 20.0. The lowest BCUT2D eigenvalue weighted by atomic mass is 10.3. The Balaban J connectivity index is 4.12. The first-order chi connectivity index (χ1) is 11.0. The summed E-state index contributed by atoms with van der Waals surface area (Å²) >= 11 is 0. The molecule has 0 radical (unpaired) electrons. The monoisotopic (exact) mass is 417 g/mol. The second-order valence-corrected chi connectivity index (χ2v) is 7.95. The van der Waals surface area contributed by atoms with Crippen molar-refractivity contribution in [2.45, 2.75) is 20.8 Å². The first-order valence-electron chi connectivity index (χ1n) is 5.47. The Hall–Kier alpha value is -2.10. The normalized spacial score (nSPS) is 13.6. The molecule has 0 aliphatic carbocycles. The molecule has 0 bridgehead atoms. The van der Waals surface area contributed by atoms with Crippen molar-refractivity contribution in [3.05, 3.63) is 22.2 Å². The topological polar surface area (TPSA) is 121 Å². The standard InChI is InChI=1S/C9H5F6NO7S2/c1-23-7-5(24(19,20)8(10,11)12)2-4(16(17)18)3-6(7)25(21,22)9(13,14)15/h2-3H,1H3. The van der Waals surface area contributed by atoms with Crippen LogP contribution in [0.25, 0.3) is 0 Å². The maximum absolute atomic E-state index is 12.6. The van der Waals surface area contributed by atoms with Crippen LogP contribution in [0.3, 0.4) is 0 Å². The van der Waals surface area contributed by atoms with Gasteiger partial charge in [0, 0.05) is 12.1 Å². The largest absolute Gasteiger partial charge is 0.502 e. The van der Waals surface area contributed by atoms with Crippen LogP contribution in [-0.2, 0) is 19.7 Å². The van der Waals surface area contributed by atoms with E-state index in [4.69, 9.17) is 0 Å². The molecule has 25 heavy (non-hydrogen) atoms. The van der Waals surface area contributed by atoms with Gasteiger partial charge in [-0.2, -0.15) is 26.3 Å². The van der Waals surface area contributed by atoms with E-state index in [0.717, 1.165) is 0 Å². The smallest absolute Gasteiger partial charge is 0.494 e. The number of non-ortho nitro benzene ring substituents is 1. The number of ether oxygens (including phenoxy) is 1. The number of rotatable bonds is 4. The fourth-order valence-corrected chi connectivity index (χ4v) is 3.51. The predicted octanol–water partition coefficient (Wildman–Crippen LogP) is 2.19. The van der Waals surface area contributed by atoms with Gasteiger partial charge in [0.05, 0.1) is 12.0 Å². The number of nitrogens with zero attached hydrogens (tertiary/aromatic N) is 1. The van der Waals surface area contributed by atoms with Crippen molar-refractivity contribution in [2.75, 3.05) is 7.11 Å². The fourth-order valence-electron chi connectivity index (χ4n) is 1.52. The highest BCUT2D eigenvalue weighted by molar-refractivity contribution is 7.93. The second-order valence-electron chi connectivity index (χ2n) is 4.13. The molecule has 8 nitrogen and oxygen atoms in total. The van der Waals surface area contributed by atoms with Crippen LogP contribution in [-0.4, -0.2) is 39.9 Å². The molecule has 0 aliphatic rings. The highest BCUT2D eigenvalue weighted by atomic mass is 32.2. The average molecular weight is 417 g/mol. The number of benzene rings is 1. The zero-order valence-electron chi connectivity index (χ0n) is 11.5. The van der Waals surface area contributed by atoms with Gasteiger partial charge in [0.1, 0.15) is 9.79 Å². The van der Waals surface area contributed by atoms with Gasteiger partial charge in [-0.05, 0) is 0 Å². The molecule has 1 aromatic carbocycles. The molecule has 0 aromatic heterocycles. The van der Waals surface area contributed by atoms with Gasteiger partial charge in [-0.25, -0.2) is 16.8 Å². The number of nitro groups is 1. The third-order valence-electron chi connectivity index (χ3n) is 2.61. The number of halogens is 6. The number of hydrogen-bond donors (Lipinski definition) is 0. The number of nitro benzene ring substituents is 1. The van der Waals surface area contributed by atoms with E-state index in [9.17, 15) is 53.3 Å². The van der Waals surface area contributed by atoms with Gasteiger partial charge in [-0.15, -0.1) is 0 Å². The lowest BCUT2D eigenvalue weighted by molar-refractivity contribution is -0.385. The first kappa shape index (κ1) is 20.9. The van der Waals surface area contributed by atoms with E-state index in [-0.39, 0.29) is 12.1 Å². The van der Waals surface area contributed by atoms with Crippen molar-refractivity contribution in [1.29, 1.82) is 0 Å². The zero-order valence-corrected chi connectivity index (χ0v) is 13.2. The number of methoxy groups -OCH3 is 1. The van der Waals surface area contributed by atoms with E-state index in [1.807, 2.05) is 0 Å². The molecule has 0 spiro atoms. The van der Waals surface area contributed by atoms with Gasteiger partial charge >= 0.3 is 11.0 Å². The van der Waals surface area contributed by atoms with Crippen molar-refractivity contribution in [3.8, 4) is 5.75 Å². The molecule has 0 atom stereocenters. The fraction of sp³-hybridized carbons (Fsp3) is 0.333. The molecule has 0 heterocycles. The molecule has 1 rings (SSSR count). The number of sulfone groups is 2. The van der Waals surface area contributed by atoms with Crippen LogP contribution >= 0.6 is 0 Å². The van der Waals surface area contributed by atoms with Crippen molar-refractivity contribution in [2.24, 2.45) is 0 Å². The van der Waals surface area contributed by atoms with Crippen LogP contribution in [0.2, 0.25) is 0 Å². The van der Waals surface area contributed by atoms with E-state index in [0.29, 0.717) is 7.11 Å². The number of hydrogen-bond acceptors (Lipinski definition) is 7. The Morgan fingerprint density at radius 1 is 0.920 bits per heavy atom. The summed E-state index contributed by atoms with van der Waals surface area (Å²) in [5, 5.41) is 10.7. The Morgan fingerprint density at radius 2 is 1.24 bits per heavy atom. The summed E-state index contributed by atoms with van der Waals surface area (Å²) in [6.07, 6.45) is 0. The summed E-state index contributed by atoms with van der Waals surface area (Å²) in [5.74, 6) is -1.85. The lowest BCUT2D eigenvalue weighted by Crippen LogP contribution is -2.27. The molecule has 0 unspecified atom stereocenters. The third-order valence-corrected chi connectivity index (χ3v) is 5.59. The van der Waals surface area contributed by atoms with E-state index >= 15 is 0 Å². The summed E-state index contributed by atoms with van der Waals surface area (Å²) in [6, 6.07) is -0.506. The third kappa shape index (κ3) is 3.48. The predicted molar refractivity (Wildman–Crippen MR) is 66.1 cm³/mol. The first-order valence-corrected chi connectivity index (χ1v) is 8.44. The minimum Gasteiger partial charge on any atom is -0.494 e. The van der Waals surface area contributed by atoms with Crippen LogP contribution in [0.5, 0.6) is 5.75 Å².